The predicted octanol–water partition coefficient (Wildman–Crippen LogP) is 4.68. The molecule has 1 aliphatic rings. The first kappa shape index (κ1) is 17.0. The Kier molecular flexibility index (Phi) is 11.5. The Morgan fingerprint density at radius 2 is 1.47 bits per heavy atom. The highest BCUT2D eigenvalue weighted by molar-refractivity contribution is 4.75. The SMILES string of the molecule is CCCCCCCCCCCOCCNC1CCC1. The van der Waals surface area contributed by atoms with Crippen molar-refractivity contribution in [3.05, 3.63) is 0 Å². The number of unbranched alkanes of at least 4 members (excludes halogenated alkanes) is 8. The van der Waals surface area contributed by atoms with Crippen molar-refractivity contribution in [2.45, 2.75) is 90.0 Å². The smallest absolute Gasteiger partial charge is 0.0590 e. The fraction of sp³-hybridized carbons (Fsp3) is 1.00. The second-order valence-corrected chi connectivity index (χ2v) is 6.02. The summed E-state index contributed by atoms with van der Waals surface area (Å²) in [6, 6.07) is 0.802. The van der Waals surface area contributed by atoms with Gasteiger partial charge in [-0.05, 0) is 19.3 Å². The first-order valence-corrected chi connectivity index (χ1v) is 8.74. The van der Waals surface area contributed by atoms with Crippen LogP contribution in [0, 0.1) is 0 Å². The van der Waals surface area contributed by atoms with Gasteiger partial charge >= 0.3 is 0 Å². The van der Waals surface area contributed by atoms with Crippen molar-refractivity contribution in [2.75, 3.05) is 19.8 Å². The lowest BCUT2D eigenvalue weighted by atomic mass is 9.93. The van der Waals surface area contributed by atoms with Crippen LogP contribution in [0.2, 0.25) is 0 Å². The van der Waals surface area contributed by atoms with Crippen molar-refractivity contribution in [3.63, 3.8) is 0 Å². The average Bonchev–Trinajstić information content (AvgIpc) is 2.37. The molecule has 2 nitrogen and oxygen atoms in total. The summed E-state index contributed by atoms with van der Waals surface area (Å²) in [6.07, 6.45) is 16.7. The molecule has 19 heavy (non-hydrogen) atoms. The molecule has 0 unspecified atom stereocenters. The van der Waals surface area contributed by atoms with Crippen molar-refractivity contribution in [3.8, 4) is 0 Å². The average molecular weight is 269 g/mol. The van der Waals surface area contributed by atoms with Crippen LogP contribution in [0.3, 0.4) is 0 Å². The van der Waals surface area contributed by atoms with E-state index in [1.807, 2.05) is 0 Å². The molecule has 0 aromatic carbocycles. The molecule has 0 amide bonds. The number of ether oxygens (including phenoxy) is 1. The van der Waals surface area contributed by atoms with E-state index in [0.717, 1.165) is 25.8 Å². The third-order valence-corrected chi connectivity index (χ3v) is 4.18. The van der Waals surface area contributed by atoms with Gasteiger partial charge in [-0.2, -0.15) is 0 Å². The molecule has 0 spiro atoms. The van der Waals surface area contributed by atoms with Gasteiger partial charge in [-0.3, -0.25) is 0 Å². The van der Waals surface area contributed by atoms with Gasteiger partial charge in [0.25, 0.3) is 0 Å². The molecule has 0 saturated heterocycles. The van der Waals surface area contributed by atoms with Gasteiger partial charge in [-0.25, -0.2) is 0 Å². The van der Waals surface area contributed by atoms with Crippen molar-refractivity contribution in [1.82, 2.24) is 5.32 Å². The van der Waals surface area contributed by atoms with Gasteiger partial charge in [-0.15, -0.1) is 0 Å². The summed E-state index contributed by atoms with van der Waals surface area (Å²) in [5.74, 6) is 0. The van der Waals surface area contributed by atoms with Gasteiger partial charge in [0.2, 0.25) is 0 Å². The lowest BCUT2D eigenvalue weighted by molar-refractivity contribution is 0.126. The Bertz CT molecular complexity index is 180. The minimum atomic E-state index is 0.802. The summed E-state index contributed by atoms with van der Waals surface area (Å²) < 4.78 is 5.65. The molecule has 0 aromatic heterocycles. The van der Waals surface area contributed by atoms with Gasteiger partial charge < -0.3 is 10.1 Å². The summed E-state index contributed by atoms with van der Waals surface area (Å²) >= 11 is 0. The van der Waals surface area contributed by atoms with Gasteiger partial charge in [0.1, 0.15) is 0 Å². The van der Waals surface area contributed by atoms with Crippen LogP contribution in [-0.2, 0) is 4.74 Å². The van der Waals surface area contributed by atoms with Crippen molar-refractivity contribution < 1.29 is 4.74 Å². The van der Waals surface area contributed by atoms with Gasteiger partial charge in [0.05, 0.1) is 6.61 Å². The quantitative estimate of drug-likeness (QED) is 0.462. The predicted molar refractivity (Wildman–Crippen MR) is 83.7 cm³/mol. The topological polar surface area (TPSA) is 21.3 Å². The summed E-state index contributed by atoms with van der Waals surface area (Å²) in [5, 5.41) is 3.53. The first-order chi connectivity index (χ1) is 9.43. The highest BCUT2D eigenvalue weighted by atomic mass is 16.5. The maximum absolute atomic E-state index is 5.65. The first-order valence-electron chi connectivity index (χ1n) is 8.74. The summed E-state index contributed by atoms with van der Waals surface area (Å²) in [7, 11) is 0. The molecular formula is C17H35NO. The van der Waals surface area contributed by atoms with Crippen molar-refractivity contribution in [1.29, 1.82) is 0 Å². The van der Waals surface area contributed by atoms with Crippen LogP contribution in [0.25, 0.3) is 0 Å². The third-order valence-electron chi connectivity index (χ3n) is 4.18. The van der Waals surface area contributed by atoms with Crippen LogP contribution in [0.4, 0.5) is 0 Å². The molecule has 0 radical (unpaired) electrons. The third kappa shape index (κ3) is 10.4. The standard InChI is InChI=1S/C17H35NO/c1-2-3-4-5-6-7-8-9-10-15-19-16-14-18-17-12-11-13-17/h17-18H,2-16H2,1H3. The number of nitrogens with one attached hydrogen (secondary N) is 1. The lowest BCUT2D eigenvalue weighted by Crippen LogP contribution is -2.37. The van der Waals surface area contributed by atoms with E-state index in [9.17, 15) is 0 Å². The summed E-state index contributed by atoms with van der Waals surface area (Å²) in [5.41, 5.74) is 0. The zero-order valence-corrected chi connectivity index (χ0v) is 13.1. The van der Waals surface area contributed by atoms with E-state index in [-0.39, 0.29) is 0 Å². The van der Waals surface area contributed by atoms with Gasteiger partial charge in [0.15, 0.2) is 0 Å². The molecule has 0 atom stereocenters. The Balaban J connectivity index is 1.62. The van der Waals surface area contributed by atoms with Crippen molar-refractivity contribution in [2.24, 2.45) is 0 Å². The van der Waals surface area contributed by atoms with Crippen LogP contribution in [-0.4, -0.2) is 25.8 Å². The molecule has 2 heteroatoms. The molecule has 0 bridgehead atoms. The van der Waals surface area contributed by atoms with E-state index in [2.05, 4.69) is 12.2 Å². The van der Waals surface area contributed by atoms with Gasteiger partial charge in [0, 0.05) is 19.2 Å². The van der Waals surface area contributed by atoms with Crippen LogP contribution in [0.1, 0.15) is 84.0 Å². The van der Waals surface area contributed by atoms with E-state index < -0.39 is 0 Å². The minimum Gasteiger partial charge on any atom is -0.380 e. The second kappa shape index (κ2) is 12.9. The molecule has 0 aliphatic heterocycles. The zero-order chi connectivity index (χ0) is 13.6. The fourth-order valence-corrected chi connectivity index (χ4v) is 2.56. The normalized spacial score (nSPS) is 15.6. The molecule has 1 saturated carbocycles. The Morgan fingerprint density at radius 3 is 2.05 bits per heavy atom. The fourth-order valence-electron chi connectivity index (χ4n) is 2.56. The number of hydrogen-bond donors (Lipinski definition) is 1. The van der Waals surface area contributed by atoms with E-state index >= 15 is 0 Å². The van der Waals surface area contributed by atoms with E-state index in [1.54, 1.807) is 0 Å². The molecule has 1 rings (SSSR count). The second-order valence-electron chi connectivity index (χ2n) is 6.02. The number of hydrogen-bond acceptors (Lipinski definition) is 2. The lowest BCUT2D eigenvalue weighted by Gasteiger charge is -2.26. The summed E-state index contributed by atoms with van der Waals surface area (Å²) in [6.45, 7) is 5.18. The largest absolute Gasteiger partial charge is 0.380 e. The Labute approximate surface area is 120 Å². The highest BCUT2D eigenvalue weighted by Crippen LogP contribution is 2.17. The maximum Gasteiger partial charge on any atom is 0.0590 e. The molecule has 1 aliphatic carbocycles. The zero-order valence-electron chi connectivity index (χ0n) is 13.1. The molecule has 114 valence electrons. The number of rotatable bonds is 14. The highest BCUT2D eigenvalue weighted by Gasteiger charge is 2.15. The van der Waals surface area contributed by atoms with Crippen LogP contribution < -0.4 is 5.32 Å². The summed E-state index contributed by atoms with van der Waals surface area (Å²) in [4.78, 5) is 0. The van der Waals surface area contributed by atoms with E-state index in [0.29, 0.717) is 0 Å². The Morgan fingerprint density at radius 1 is 0.842 bits per heavy atom. The van der Waals surface area contributed by atoms with Crippen LogP contribution in [0.15, 0.2) is 0 Å². The molecular weight excluding hydrogens is 234 g/mol. The maximum atomic E-state index is 5.65. The van der Waals surface area contributed by atoms with Crippen LogP contribution in [0.5, 0.6) is 0 Å². The molecule has 0 heterocycles. The molecule has 0 aromatic rings. The minimum absolute atomic E-state index is 0.802. The van der Waals surface area contributed by atoms with Crippen LogP contribution >= 0.6 is 0 Å². The molecule has 1 N–H and O–H groups in total. The Hall–Kier alpha value is -0.0800. The monoisotopic (exact) mass is 269 g/mol. The van der Waals surface area contributed by atoms with Gasteiger partial charge in [-0.1, -0.05) is 64.7 Å². The van der Waals surface area contributed by atoms with E-state index in [1.165, 1.54) is 77.0 Å². The molecule has 1 fully saturated rings. The van der Waals surface area contributed by atoms with Crippen molar-refractivity contribution >= 4 is 0 Å². The van der Waals surface area contributed by atoms with E-state index in [4.69, 9.17) is 4.74 Å².